The molecule has 1 fully saturated rings. The van der Waals surface area contributed by atoms with Crippen molar-refractivity contribution in [1.82, 2.24) is 4.90 Å². The molecule has 0 N–H and O–H groups in total. The first kappa shape index (κ1) is 16.2. The van der Waals surface area contributed by atoms with Crippen molar-refractivity contribution in [2.24, 2.45) is 0 Å². The van der Waals surface area contributed by atoms with Crippen molar-refractivity contribution in [2.45, 2.75) is 63.5 Å². The number of hydrogen-bond acceptors (Lipinski definition) is 3. The molecule has 1 aliphatic heterocycles. The zero-order valence-corrected chi connectivity index (χ0v) is 14.1. The number of nitrogens with zero attached hydrogens (tertiary/aromatic N) is 1. The van der Waals surface area contributed by atoms with E-state index in [0.717, 1.165) is 12.8 Å². The molecule has 0 saturated carbocycles. The van der Waals surface area contributed by atoms with Crippen molar-refractivity contribution in [3.05, 3.63) is 35.9 Å². The summed E-state index contributed by atoms with van der Waals surface area (Å²) in [6.45, 7) is 7.74. The van der Waals surface area contributed by atoms with Crippen LogP contribution in [0.4, 0.5) is 4.79 Å². The van der Waals surface area contributed by atoms with E-state index in [1.54, 1.807) is 0 Å². The zero-order valence-electron chi connectivity index (χ0n) is 13.2. The zero-order chi connectivity index (χ0) is 15.6. The first-order chi connectivity index (χ1) is 9.79. The van der Waals surface area contributed by atoms with Crippen LogP contribution in [-0.4, -0.2) is 27.9 Å². The first-order valence-corrected chi connectivity index (χ1v) is 8.05. The van der Waals surface area contributed by atoms with Gasteiger partial charge in [0.05, 0.1) is 6.04 Å². The Kier molecular flexibility index (Phi) is 4.87. The molecular weight excluding hydrogens is 282 g/mol. The van der Waals surface area contributed by atoms with Gasteiger partial charge in [0.25, 0.3) is 0 Å². The Labute approximate surface area is 133 Å². The fraction of sp³-hybridized carbons (Fsp3) is 0.588. The summed E-state index contributed by atoms with van der Waals surface area (Å²) in [5.74, 6) is 0. The van der Waals surface area contributed by atoms with Crippen LogP contribution in [0.3, 0.4) is 0 Å². The van der Waals surface area contributed by atoms with Gasteiger partial charge in [-0.3, -0.25) is 4.90 Å². The second-order valence-corrected chi connectivity index (χ2v) is 7.51. The summed E-state index contributed by atoms with van der Waals surface area (Å²) in [6, 6.07) is 10.4. The molecule has 3 nitrogen and oxygen atoms in total. The number of thiol groups is 1. The number of likely N-dealkylation sites (tertiary alicyclic amines) is 1. The standard InChI is InChI=1S/C17H25NO2S/c1-12(21)14-10-11-15(13-8-6-5-7-9-13)18(14)16(19)20-17(2,3)4/h5-9,12,14-15,21H,10-11H2,1-4H3/t12?,14-,15+/m0/s1. The first-order valence-electron chi connectivity index (χ1n) is 7.54. The maximum Gasteiger partial charge on any atom is 0.411 e. The van der Waals surface area contributed by atoms with Gasteiger partial charge in [-0.05, 0) is 39.2 Å². The average Bonchev–Trinajstić information content (AvgIpc) is 2.82. The van der Waals surface area contributed by atoms with Crippen molar-refractivity contribution >= 4 is 18.7 Å². The summed E-state index contributed by atoms with van der Waals surface area (Å²) >= 11 is 4.56. The van der Waals surface area contributed by atoms with Crippen LogP contribution in [0.2, 0.25) is 0 Å². The van der Waals surface area contributed by atoms with Crippen LogP contribution >= 0.6 is 12.6 Å². The Balaban J connectivity index is 2.27. The predicted molar refractivity (Wildman–Crippen MR) is 88.7 cm³/mol. The average molecular weight is 307 g/mol. The fourth-order valence-electron chi connectivity index (χ4n) is 2.89. The number of carbonyl (C=O) groups excluding carboxylic acids is 1. The van der Waals surface area contributed by atoms with Crippen molar-refractivity contribution in [1.29, 1.82) is 0 Å². The van der Waals surface area contributed by atoms with Gasteiger partial charge in [-0.2, -0.15) is 12.6 Å². The topological polar surface area (TPSA) is 29.5 Å². The van der Waals surface area contributed by atoms with Crippen molar-refractivity contribution < 1.29 is 9.53 Å². The molecule has 1 aromatic carbocycles. The molecule has 0 spiro atoms. The fourth-order valence-corrected chi connectivity index (χ4v) is 3.18. The molecule has 0 aromatic heterocycles. The Bertz CT molecular complexity index is 481. The molecule has 0 bridgehead atoms. The maximum atomic E-state index is 12.6. The van der Waals surface area contributed by atoms with E-state index >= 15 is 0 Å². The van der Waals surface area contributed by atoms with Gasteiger partial charge in [0.2, 0.25) is 0 Å². The van der Waals surface area contributed by atoms with Gasteiger partial charge in [0, 0.05) is 11.3 Å². The minimum Gasteiger partial charge on any atom is -0.444 e. The molecule has 21 heavy (non-hydrogen) atoms. The summed E-state index contributed by atoms with van der Waals surface area (Å²) < 4.78 is 5.61. The highest BCUT2D eigenvalue weighted by molar-refractivity contribution is 7.81. The van der Waals surface area contributed by atoms with Gasteiger partial charge in [-0.1, -0.05) is 37.3 Å². The van der Waals surface area contributed by atoms with Gasteiger partial charge >= 0.3 is 6.09 Å². The Morgan fingerprint density at radius 3 is 2.43 bits per heavy atom. The van der Waals surface area contributed by atoms with Gasteiger partial charge in [0.1, 0.15) is 5.60 Å². The highest BCUT2D eigenvalue weighted by Crippen LogP contribution is 2.39. The van der Waals surface area contributed by atoms with Crippen molar-refractivity contribution in [2.75, 3.05) is 0 Å². The summed E-state index contributed by atoms with van der Waals surface area (Å²) in [5.41, 5.74) is 0.686. The lowest BCUT2D eigenvalue weighted by atomic mass is 10.1. The molecule has 1 aliphatic rings. The smallest absolute Gasteiger partial charge is 0.411 e. The number of carbonyl (C=O) groups is 1. The Morgan fingerprint density at radius 1 is 1.29 bits per heavy atom. The van der Waals surface area contributed by atoms with Crippen LogP contribution in [-0.2, 0) is 4.74 Å². The number of rotatable bonds is 2. The Hall–Kier alpha value is -1.16. The lowest BCUT2D eigenvalue weighted by Crippen LogP contribution is -2.44. The molecule has 1 amide bonds. The van der Waals surface area contributed by atoms with E-state index in [9.17, 15) is 4.79 Å². The predicted octanol–water partition coefficient (Wildman–Crippen LogP) is 4.45. The van der Waals surface area contributed by atoms with Gasteiger partial charge < -0.3 is 4.74 Å². The van der Waals surface area contributed by atoms with Crippen LogP contribution < -0.4 is 0 Å². The molecular formula is C17H25NO2S. The quantitative estimate of drug-likeness (QED) is 0.818. The van der Waals surface area contributed by atoms with E-state index in [2.05, 4.69) is 24.8 Å². The van der Waals surface area contributed by atoms with E-state index in [0.29, 0.717) is 0 Å². The number of amides is 1. The number of hydrogen-bond donors (Lipinski definition) is 1. The van der Waals surface area contributed by atoms with E-state index in [4.69, 9.17) is 4.74 Å². The van der Waals surface area contributed by atoms with Crippen LogP contribution in [0.15, 0.2) is 30.3 Å². The molecule has 1 heterocycles. The molecule has 116 valence electrons. The largest absolute Gasteiger partial charge is 0.444 e. The SMILES string of the molecule is CC(S)[C@@H]1CC[C@H](c2ccccc2)N1C(=O)OC(C)(C)C. The van der Waals surface area contributed by atoms with Crippen LogP contribution in [0.5, 0.6) is 0 Å². The molecule has 4 heteroatoms. The van der Waals surface area contributed by atoms with Crippen LogP contribution in [0, 0.1) is 0 Å². The molecule has 0 radical (unpaired) electrons. The molecule has 2 rings (SSSR count). The minimum absolute atomic E-state index is 0.0839. The number of ether oxygens (including phenoxy) is 1. The third kappa shape index (κ3) is 3.94. The summed E-state index contributed by atoms with van der Waals surface area (Å²) in [7, 11) is 0. The van der Waals surface area contributed by atoms with Gasteiger partial charge in [-0.25, -0.2) is 4.79 Å². The highest BCUT2D eigenvalue weighted by atomic mass is 32.1. The molecule has 0 aliphatic carbocycles. The van der Waals surface area contributed by atoms with Crippen molar-refractivity contribution in [3.8, 4) is 0 Å². The summed E-state index contributed by atoms with van der Waals surface area (Å²) in [5, 5.41) is 0.131. The van der Waals surface area contributed by atoms with Gasteiger partial charge in [-0.15, -0.1) is 0 Å². The minimum atomic E-state index is -0.481. The lowest BCUT2D eigenvalue weighted by molar-refractivity contribution is 0.0145. The van der Waals surface area contributed by atoms with E-state index in [1.807, 2.05) is 50.8 Å². The molecule has 1 aromatic rings. The number of benzene rings is 1. The van der Waals surface area contributed by atoms with Crippen molar-refractivity contribution in [3.63, 3.8) is 0 Å². The second-order valence-electron chi connectivity index (χ2n) is 6.70. The van der Waals surface area contributed by atoms with E-state index in [1.165, 1.54) is 5.56 Å². The Morgan fingerprint density at radius 2 is 1.90 bits per heavy atom. The second kappa shape index (κ2) is 6.30. The monoisotopic (exact) mass is 307 g/mol. The van der Waals surface area contributed by atoms with Gasteiger partial charge in [0.15, 0.2) is 0 Å². The van der Waals surface area contributed by atoms with Crippen LogP contribution in [0.1, 0.15) is 52.1 Å². The molecule has 3 atom stereocenters. The third-order valence-electron chi connectivity index (χ3n) is 3.77. The summed E-state index contributed by atoms with van der Waals surface area (Å²) in [4.78, 5) is 14.5. The van der Waals surface area contributed by atoms with Crippen LogP contribution in [0.25, 0.3) is 0 Å². The molecule has 1 saturated heterocycles. The van der Waals surface area contributed by atoms with E-state index < -0.39 is 5.60 Å². The summed E-state index contributed by atoms with van der Waals surface area (Å²) in [6.07, 6.45) is 1.68. The molecule has 1 unspecified atom stereocenters. The lowest BCUT2D eigenvalue weighted by Gasteiger charge is -2.34. The normalized spacial score (nSPS) is 24.0. The van der Waals surface area contributed by atoms with E-state index in [-0.39, 0.29) is 23.4 Å². The highest BCUT2D eigenvalue weighted by Gasteiger charge is 2.41. The third-order valence-corrected chi connectivity index (χ3v) is 4.12. The maximum absolute atomic E-state index is 12.6.